The second-order valence-corrected chi connectivity index (χ2v) is 9.86. The van der Waals surface area contributed by atoms with Crippen molar-refractivity contribution in [1.29, 1.82) is 0 Å². The number of aromatic nitrogens is 1. The number of ketones is 1. The van der Waals surface area contributed by atoms with Crippen molar-refractivity contribution >= 4 is 21.6 Å². The lowest BCUT2D eigenvalue weighted by atomic mass is 10.1. The lowest BCUT2D eigenvalue weighted by molar-refractivity contribution is 0.0474. The van der Waals surface area contributed by atoms with E-state index in [2.05, 4.69) is 0 Å². The van der Waals surface area contributed by atoms with Crippen LogP contribution >= 0.6 is 0 Å². The molecule has 0 fully saturated rings. The number of ether oxygens (including phenoxy) is 1. The predicted molar refractivity (Wildman–Crippen MR) is 120 cm³/mol. The summed E-state index contributed by atoms with van der Waals surface area (Å²) in [6.45, 7) is 5.43. The first-order chi connectivity index (χ1) is 14.5. The Morgan fingerprint density at radius 2 is 1.55 bits per heavy atom. The molecule has 0 saturated heterocycles. The van der Waals surface area contributed by atoms with E-state index in [9.17, 15) is 18.0 Å². The van der Waals surface area contributed by atoms with E-state index in [0.717, 1.165) is 28.9 Å². The van der Waals surface area contributed by atoms with Gasteiger partial charge in [0.05, 0.1) is 11.3 Å². The molecule has 0 unspecified atom stereocenters. The lowest BCUT2D eigenvalue weighted by Gasteiger charge is -2.10. The summed E-state index contributed by atoms with van der Waals surface area (Å²) in [5.41, 5.74) is 5.16. The molecule has 0 radical (unpaired) electrons. The van der Waals surface area contributed by atoms with Gasteiger partial charge in [-0.2, -0.15) is 0 Å². The van der Waals surface area contributed by atoms with Crippen molar-refractivity contribution < 1.29 is 22.7 Å². The number of sulfone groups is 1. The molecule has 0 saturated carbocycles. The van der Waals surface area contributed by atoms with Crippen LogP contribution in [0.25, 0.3) is 5.69 Å². The second kappa shape index (κ2) is 8.89. The van der Waals surface area contributed by atoms with Crippen molar-refractivity contribution in [1.82, 2.24) is 4.57 Å². The maximum Gasteiger partial charge on any atom is 0.338 e. The zero-order chi connectivity index (χ0) is 22.8. The molecule has 3 aromatic rings. The number of aryl methyl sites for hydroxylation is 2. The monoisotopic (exact) mass is 439 g/mol. The Bertz CT molecular complexity index is 1220. The molecular weight excluding hydrogens is 414 g/mol. The molecule has 0 aliphatic rings. The van der Waals surface area contributed by atoms with Gasteiger partial charge in [0.2, 0.25) is 5.78 Å². The molecule has 0 amide bonds. The van der Waals surface area contributed by atoms with Crippen LogP contribution < -0.4 is 0 Å². The fraction of sp³-hybridized carbons (Fsp3) is 0.250. The van der Waals surface area contributed by atoms with Gasteiger partial charge in [0.25, 0.3) is 0 Å². The Balaban J connectivity index is 1.69. The van der Waals surface area contributed by atoms with Crippen molar-refractivity contribution in [3.05, 3.63) is 88.2 Å². The molecule has 0 N–H and O–H groups in total. The van der Waals surface area contributed by atoms with Crippen molar-refractivity contribution in [2.75, 3.05) is 12.9 Å². The number of esters is 1. The summed E-state index contributed by atoms with van der Waals surface area (Å²) in [4.78, 5) is 25.0. The highest BCUT2D eigenvalue weighted by Crippen LogP contribution is 2.22. The first kappa shape index (κ1) is 22.5. The molecule has 1 heterocycles. The quantitative estimate of drug-likeness (QED) is 0.411. The fourth-order valence-electron chi connectivity index (χ4n) is 3.47. The summed E-state index contributed by atoms with van der Waals surface area (Å²) in [5, 5.41) is 0. The average Bonchev–Trinajstić information content (AvgIpc) is 3.00. The average molecular weight is 440 g/mol. The lowest BCUT2D eigenvalue weighted by Crippen LogP contribution is -2.15. The van der Waals surface area contributed by atoms with Crippen molar-refractivity contribution in [3.8, 4) is 5.69 Å². The number of carbonyl (C=O) groups is 2. The molecule has 0 spiro atoms. The maximum atomic E-state index is 12.7. The third-order valence-corrected chi connectivity index (χ3v) is 5.83. The molecule has 1 aromatic heterocycles. The van der Waals surface area contributed by atoms with Gasteiger partial charge in [-0.3, -0.25) is 4.79 Å². The molecule has 3 rings (SSSR count). The Morgan fingerprint density at radius 3 is 2.13 bits per heavy atom. The summed E-state index contributed by atoms with van der Waals surface area (Å²) < 4.78 is 29.9. The SMILES string of the molecule is Cc1ccc(-n2c(C)cc(C(=O)COC(=O)c3ccc(CS(C)(=O)=O)cc3)c2C)cc1. The minimum Gasteiger partial charge on any atom is -0.454 e. The van der Waals surface area contributed by atoms with Gasteiger partial charge in [-0.05, 0) is 56.7 Å². The van der Waals surface area contributed by atoms with Crippen LogP contribution in [-0.2, 0) is 20.3 Å². The van der Waals surface area contributed by atoms with Gasteiger partial charge in [-0.1, -0.05) is 29.8 Å². The Kier molecular flexibility index (Phi) is 6.45. The number of nitrogens with zero attached hydrogens (tertiary/aromatic N) is 1. The highest BCUT2D eigenvalue weighted by molar-refractivity contribution is 7.89. The number of carbonyl (C=O) groups excluding carboxylic acids is 2. The van der Waals surface area contributed by atoms with E-state index in [1.807, 2.05) is 49.6 Å². The van der Waals surface area contributed by atoms with E-state index < -0.39 is 15.8 Å². The van der Waals surface area contributed by atoms with Gasteiger partial charge in [0.15, 0.2) is 16.4 Å². The summed E-state index contributed by atoms with van der Waals surface area (Å²) in [5.74, 6) is -1.02. The first-order valence-electron chi connectivity index (χ1n) is 9.78. The molecule has 0 aliphatic carbocycles. The first-order valence-corrected chi connectivity index (χ1v) is 11.8. The van der Waals surface area contributed by atoms with E-state index in [0.29, 0.717) is 11.1 Å². The van der Waals surface area contributed by atoms with Gasteiger partial charge >= 0.3 is 5.97 Å². The predicted octanol–water partition coefficient (Wildman–Crippen LogP) is 3.99. The fourth-order valence-corrected chi connectivity index (χ4v) is 4.27. The minimum absolute atomic E-state index is 0.0998. The Hall–Kier alpha value is -3.19. The molecule has 2 aromatic carbocycles. The number of benzene rings is 2. The molecule has 162 valence electrons. The van der Waals surface area contributed by atoms with Gasteiger partial charge in [-0.15, -0.1) is 0 Å². The zero-order valence-electron chi connectivity index (χ0n) is 18.0. The van der Waals surface area contributed by atoms with Crippen LogP contribution in [0.15, 0.2) is 54.6 Å². The molecule has 6 nitrogen and oxygen atoms in total. The van der Waals surface area contributed by atoms with E-state index in [-0.39, 0.29) is 23.7 Å². The third kappa shape index (κ3) is 5.49. The molecular formula is C24H25NO5S. The van der Waals surface area contributed by atoms with Crippen molar-refractivity contribution in [3.63, 3.8) is 0 Å². The molecule has 0 atom stereocenters. The van der Waals surface area contributed by atoms with Crippen LogP contribution in [0.4, 0.5) is 0 Å². The van der Waals surface area contributed by atoms with Crippen LogP contribution in [0.1, 0.15) is 43.2 Å². The number of hydrogen-bond donors (Lipinski definition) is 0. The van der Waals surface area contributed by atoms with Gasteiger partial charge in [0, 0.05) is 28.9 Å². The van der Waals surface area contributed by atoms with Gasteiger partial charge in [0.1, 0.15) is 0 Å². The van der Waals surface area contributed by atoms with E-state index in [1.165, 1.54) is 12.1 Å². The third-order valence-electron chi connectivity index (χ3n) is 4.98. The van der Waals surface area contributed by atoms with E-state index in [4.69, 9.17) is 4.74 Å². The highest BCUT2D eigenvalue weighted by atomic mass is 32.2. The normalized spacial score (nSPS) is 11.4. The standard InChI is InChI=1S/C24H25NO5S/c1-16-5-11-21(12-6-16)25-17(2)13-22(18(25)3)23(26)14-30-24(27)20-9-7-19(8-10-20)15-31(4,28)29/h5-13H,14-15H2,1-4H3. The molecule has 31 heavy (non-hydrogen) atoms. The summed E-state index contributed by atoms with van der Waals surface area (Å²) >= 11 is 0. The van der Waals surface area contributed by atoms with Crippen LogP contribution in [0.2, 0.25) is 0 Å². The van der Waals surface area contributed by atoms with E-state index >= 15 is 0 Å². The topological polar surface area (TPSA) is 82.4 Å². The number of rotatable bonds is 7. The summed E-state index contributed by atoms with van der Waals surface area (Å²) in [7, 11) is -3.15. The Labute approximate surface area is 182 Å². The van der Waals surface area contributed by atoms with E-state index in [1.54, 1.807) is 18.2 Å². The highest BCUT2D eigenvalue weighted by Gasteiger charge is 2.19. The molecule has 7 heteroatoms. The largest absolute Gasteiger partial charge is 0.454 e. The van der Waals surface area contributed by atoms with Crippen molar-refractivity contribution in [2.24, 2.45) is 0 Å². The van der Waals surface area contributed by atoms with Gasteiger partial charge < -0.3 is 9.30 Å². The van der Waals surface area contributed by atoms with Crippen molar-refractivity contribution in [2.45, 2.75) is 26.5 Å². The molecule has 0 aliphatic heterocycles. The van der Waals surface area contributed by atoms with Crippen LogP contribution in [0, 0.1) is 20.8 Å². The Morgan fingerprint density at radius 1 is 0.935 bits per heavy atom. The van der Waals surface area contributed by atoms with Crippen LogP contribution in [-0.4, -0.2) is 37.6 Å². The zero-order valence-corrected chi connectivity index (χ0v) is 18.8. The second-order valence-electron chi connectivity index (χ2n) is 7.72. The maximum absolute atomic E-state index is 12.7. The minimum atomic E-state index is -3.15. The summed E-state index contributed by atoms with van der Waals surface area (Å²) in [6, 6.07) is 15.9. The van der Waals surface area contributed by atoms with Gasteiger partial charge in [-0.25, -0.2) is 13.2 Å². The van der Waals surface area contributed by atoms with Crippen LogP contribution in [0.3, 0.4) is 0 Å². The van der Waals surface area contributed by atoms with Crippen LogP contribution in [0.5, 0.6) is 0 Å². The number of Topliss-reactive ketones (excluding diaryl/α,β-unsaturated/α-hetero) is 1. The smallest absolute Gasteiger partial charge is 0.338 e. The summed E-state index contributed by atoms with van der Waals surface area (Å²) in [6.07, 6.45) is 1.15. The molecule has 0 bridgehead atoms. The number of hydrogen-bond acceptors (Lipinski definition) is 5.